The lowest BCUT2D eigenvalue weighted by Gasteiger charge is -2.11. The summed E-state index contributed by atoms with van der Waals surface area (Å²) < 4.78 is 5.37. The van der Waals surface area contributed by atoms with Crippen molar-refractivity contribution in [2.75, 3.05) is 51.9 Å². The van der Waals surface area contributed by atoms with Crippen molar-refractivity contribution < 1.29 is 9.53 Å². The fourth-order valence-corrected chi connectivity index (χ4v) is 1.46. The van der Waals surface area contributed by atoms with E-state index in [4.69, 9.17) is 16.2 Å². The molecule has 0 aromatic heterocycles. The molecule has 5 N–H and O–H groups in total. The van der Waals surface area contributed by atoms with Gasteiger partial charge in [-0.15, -0.1) is 0 Å². The van der Waals surface area contributed by atoms with Gasteiger partial charge in [0.15, 0.2) is 0 Å². The van der Waals surface area contributed by atoms with E-state index < -0.39 is 0 Å². The quantitative estimate of drug-likeness (QED) is 0.483. The molecule has 0 bridgehead atoms. The summed E-state index contributed by atoms with van der Waals surface area (Å²) in [5.74, 6) is -0.235. The summed E-state index contributed by atoms with van der Waals surface area (Å²) in [6.45, 7) is 2.42. The molecule has 0 saturated carbocycles. The number of hydrogen-bond donors (Lipinski definition) is 3. The third kappa shape index (κ3) is 5.15. The van der Waals surface area contributed by atoms with Crippen LogP contribution in [0.2, 0.25) is 0 Å². The van der Waals surface area contributed by atoms with Crippen molar-refractivity contribution in [2.24, 2.45) is 0 Å². The zero-order valence-corrected chi connectivity index (χ0v) is 11.5. The number of nitrogens with zero attached hydrogens (tertiary/aromatic N) is 1. The average Bonchev–Trinajstić information content (AvgIpc) is 2.36. The Balaban J connectivity index is 2.30. The van der Waals surface area contributed by atoms with Crippen LogP contribution in [0.1, 0.15) is 10.4 Å². The van der Waals surface area contributed by atoms with E-state index in [0.29, 0.717) is 36.7 Å². The SMILES string of the molecule is CN(C)CCOCCNC(=O)c1cccc(N)c1N. The van der Waals surface area contributed by atoms with Crippen LogP contribution in [-0.4, -0.2) is 51.2 Å². The highest BCUT2D eigenvalue weighted by atomic mass is 16.5. The van der Waals surface area contributed by atoms with E-state index in [0.717, 1.165) is 6.54 Å². The molecule has 19 heavy (non-hydrogen) atoms. The van der Waals surface area contributed by atoms with Gasteiger partial charge in [0.1, 0.15) is 0 Å². The van der Waals surface area contributed by atoms with Gasteiger partial charge >= 0.3 is 0 Å². The second kappa shape index (κ2) is 7.60. The van der Waals surface area contributed by atoms with Gasteiger partial charge in [0, 0.05) is 13.1 Å². The Morgan fingerprint density at radius 2 is 2.05 bits per heavy atom. The highest BCUT2D eigenvalue weighted by Crippen LogP contribution is 2.18. The fourth-order valence-electron chi connectivity index (χ4n) is 1.46. The van der Waals surface area contributed by atoms with Crippen molar-refractivity contribution in [1.29, 1.82) is 0 Å². The first-order valence-corrected chi connectivity index (χ1v) is 6.17. The molecule has 1 aromatic rings. The molecule has 0 fully saturated rings. The summed E-state index contributed by atoms with van der Waals surface area (Å²) in [5, 5.41) is 2.74. The normalized spacial score (nSPS) is 10.7. The maximum Gasteiger partial charge on any atom is 0.253 e. The third-order valence-corrected chi connectivity index (χ3v) is 2.60. The van der Waals surface area contributed by atoms with Crippen molar-refractivity contribution in [1.82, 2.24) is 10.2 Å². The zero-order chi connectivity index (χ0) is 14.3. The van der Waals surface area contributed by atoms with Crippen LogP contribution in [0, 0.1) is 0 Å². The van der Waals surface area contributed by atoms with Gasteiger partial charge in [0.25, 0.3) is 5.91 Å². The van der Waals surface area contributed by atoms with Crippen molar-refractivity contribution in [3.05, 3.63) is 23.8 Å². The minimum Gasteiger partial charge on any atom is -0.397 e. The minimum atomic E-state index is -0.235. The molecule has 0 aliphatic carbocycles. The number of carbonyl (C=O) groups is 1. The highest BCUT2D eigenvalue weighted by Gasteiger charge is 2.10. The van der Waals surface area contributed by atoms with Crippen LogP contribution in [0.4, 0.5) is 11.4 Å². The molecular weight excluding hydrogens is 244 g/mol. The number of carbonyl (C=O) groups excluding carboxylic acids is 1. The van der Waals surface area contributed by atoms with E-state index in [1.807, 2.05) is 19.0 Å². The Labute approximate surface area is 113 Å². The Morgan fingerprint density at radius 1 is 1.32 bits per heavy atom. The second-order valence-electron chi connectivity index (χ2n) is 4.48. The summed E-state index contributed by atoms with van der Waals surface area (Å²) in [6.07, 6.45) is 0. The molecule has 6 nitrogen and oxygen atoms in total. The summed E-state index contributed by atoms with van der Waals surface area (Å²) in [5.41, 5.74) is 12.5. The number of hydrogen-bond acceptors (Lipinski definition) is 5. The largest absolute Gasteiger partial charge is 0.397 e. The number of para-hydroxylation sites is 1. The van der Waals surface area contributed by atoms with E-state index in [-0.39, 0.29) is 5.91 Å². The lowest BCUT2D eigenvalue weighted by atomic mass is 10.1. The molecule has 0 aliphatic rings. The first-order chi connectivity index (χ1) is 9.02. The maximum absolute atomic E-state index is 11.8. The van der Waals surface area contributed by atoms with E-state index in [1.165, 1.54) is 0 Å². The molecule has 0 heterocycles. The van der Waals surface area contributed by atoms with Gasteiger partial charge in [-0.1, -0.05) is 6.07 Å². The molecular formula is C13H22N4O2. The van der Waals surface area contributed by atoms with Crippen LogP contribution < -0.4 is 16.8 Å². The number of benzene rings is 1. The number of nitrogens with one attached hydrogen (secondary N) is 1. The smallest absolute Gasteiger partial charge is 0.253 e. The standard InChI is InChI=1S/C13H22N4O2/c1-17(2)7-9-19-8-6-16-13(18)10-4-3-5-11(14)12(10)15/h3-5H,6-9,14-15H2,1-2H3,(H,16,18). The molecule has 1 aromatic carbocycles. The number of likely N-dealkylation sites (N-methyl/N-ethyl adjacent to an activating group) is 1. The number of nitrogen functional groups attached to an aromatic ring is 2. The minimum absolute atomic E-state index is 0.235. The number of rotatable bonds is 7. The Morgan fingerprint density at radius 3 is 2.74 bits per heavy atom. The molecule has 0 saturated heterocycles. The fraction of sp³-hybridized carbons (Fsp3) is 0.462. The molecule has 106 valence electrons. The third-order valence-electron chi connectivity index (χ3n) is 2.60. The summed E-state index contributed by atoms with van der Waals surface area (Å²) in [6, 6.07) is 5.01. The lowest BCUT2D eigenvalue weighted by Crippen LogP contribution is -2.29. The number of anilines is 2. The van der Waals surface area contributed by atoms with E-state index in [9.17, 15) is 4.79 Å². The van der Waals surface area contributed by atoms with Crippen molar-refractivity contribution in [3.8, 4) is 0 Å². The lowest BCUT2D eigenvalue weighted by molar-refractivity contribution is 0.0901. The van der Waals surface area contributed by atoms with Crippen LogP contribution in [0.25, 0.3) is 0 Å². The summed E-state index contributed by atoms with van der Waals surface area (Å²) >= 11 is 0. The first kappa shape index (κ1) is 15.3. The highest BCUT2D eigenvalue weighted by molar-refractivity contribution is 6.01. The molecule has 6 heteroatoms. The van der Waals surface area contributed by atoms with Crippen LogP contribution in [-0.2, 0) is 4.74 Å². The van der Waals surface area contributed by atoms with Gasteiger partial charge in [-0.25, -0.2) is 0 Å². The summed E-state index contributed by atoms with van der Waals surface area (Å²) in [7, 11) is 3.96. The van der Waals surface area contributed by atoms with E-state index >= 15 is 0 Å². The van der Waals surface area contributed by atoms with E-state index in [1.54, 1.807) is 18.2 Å². The monoisotopic (exact) mass is 266 g/mol. The maximum atomic E-state index is 11.8. The zero-order valence-electron chi connectivity index (χ0n) is 11.5. The molecule has 0 atom stereocenters. The van der Waals surface area contributed by atoms with Crippen LogP contribution in [0.15, 0.2) is 18.2 Å². The summed E-state index contributed by atoms with van der Waals surface area (Å²) in [4.78, 5) is 13.9. The van der Waals surface area contributed by atoms with Crippen molar-refractivity contribution >= 4 is 17.3 Å². The first-order valence-electron chi connectivity index (χ1n) is 6.17. The molecule has 0 aliphatic heterocycles. The van der Waals surface area contributed by atoms with Crippen LogP contribution in [0.5, 0.6) is 0 Å². The van der Waals surface area contributed by atoms with Gasteiger partial charge in [0.2, 0.25) is 0 Å². The van der Waals surface area contributed by atoms with E-state index in [2.05, 4.69) is 5.32 Å². The molecule has 0 spiro atoms. The topological polar surface area (TPSA) is 93.6 Å². The Bertz CT molecular complexity index is 421. The number of amides is 1. The van der Waals surface area contributed by atoms with Gasteiger partial charge in [-0.3, -0.25) is 4.79 Å². The van der Waals surface area contributed by atoms with Gasteiger partial charge < -0.3 is 26.4 Å². The Kier molecular flexibility index (Phi) is 6.11. The average molecular weight is 266 g/mol. The molecule has 0 unspecified atom stereocenters. The predicted octanol–water partition coefficient (Wildman–Crippen LogP) is 0.159. The van der Waals surface area contributed by atoms with Crippen LogP contribution >= 0.6 is 0 Å². The number of ether oxygens (including phenoxy) is 1. The Hall–Kier alpha value is -1.79. The molecule has 0 radical (unpaired) electrons. The molecule has 1 rings (SSSR count). The predicted molar refractivity (Wildman–Crippen MR) is 77.0 cm³/mol. The van der Waals surface area contributed by atoms with Gasteiger partial charge in [0.05, 0.1) is 30.2 Å². The number of nitrogens with two attached hydrogens (primary N) is 2. The van der Waals surface area contributed by atoms with Gasteiger partial charge in [-0.05, 0) is 26.2 Å². The van der Waals surface area contributed by atoms with Crippen molar-refractivity contribution in [3.63, 3.8) is 0 Å². The van der Waals surface area contributed by atoms with Crippen molar-refractivity contribution in [2.45, 2.75) is 0 Å². The van der Waals surface area contributed by atoms with Gasteiger partial charge in [-0.2, -0.15) is 0 Å². The molecule has 1 amide bonds. The van der Waals surface area contributed by atoms with Crippen LogP contribution in [0.3, 0.4) is 0 Å². The second-order valence-corrected chi connectivity index (χ2v) is 4.48.